The van der Waals surface area contributed by atoms with Gasteiger partial charge in [-0.05, 0) is 42.8 Å². The number of hydrogen-bond acceptors (Lipinski definition) is 4. The van der Waals surface area contributed by atoms with Gasteiger partial charge in [0.15, 0.2) is 0 Å². The topological polar surface area (TPSA) is 115 Å². The van der Waals surface area contributed by atoms with Crippen molar-refractivity contribution in [2.75, 3.05) is 11.1 Å². The summed E-state index contributed by atoms with van der Waals surface area (Å²) in [5.74, 6) is -2.40. The first-order chi connectivity index (χ1) is 11.8. The molecule has 140 valence electrons. The number of nitrogens with one attached hydrogen (secondary N) is 1. The molecule has 5 N–H and O–H groups in total. The Morgan fingerprint density at radius 3 is 2.31 bits per heavy atom. The van der Waals surface area contributed by atoms with Crippen LogP contribution >= 0.6 is 0 Å². The van der Waals surface area contributed by atoms with Crippen LogP contribution in [0.2, 0.25) is 0 Å². The number of anilines is 2. The number of sulfonamides is 1. The maximum atomic E-state index is 13.3. The molecule has 0 atom stereocenters. The lowest BCUT2D eigenvalue weighted by atomic mass is 10.1. The van der Waals surface area contributed by atoms with Crippen molar-refractivity contribution in [3.63, 3.8) is 0 Å². The van der Waals surface area contributed by atoms with Crippen LogP contribution in [0.5, 0.6) is 0 Å². The first kappa shape index (κ1) is 19.7. The number of carbonyl (C=O) groups is 1. The lowest BCUT2D eigenvalue weighted by molar-refractivity contribution is -0.139. The second kappa shape index (κ2) is 6.57. The number of hydrogen-bond donors (Lipinski definition) is 3. The van der Waals surface area contributed by atoms with Crippen LogP contribution in [-0.2, 0) is 16.2 Å². The van der Waals surface area contributed by atoms with E-state index in [1.54, 1.807) is 0 Å². The molecule has 0 unspecified atom stereocenters. The number of nitrogen functional groups attached to an aromatic ring is 1. The van der Waals surface area contributed by atoms with Gasteiger partial charge in [-0.3, -0.25) is 4.79 Å². The Bertz CT molecular complexity index is 988. The highest BCUT2D eigenvalue weighted by Gasteiger charge is 2.34. The zero-order valence-corrected chi connectivity index (χ0v) is 14.0. The van der Waals surface area contributed by atoms with Crippen molar-refractivity contribution in [2.45, 2.75) is 18.0 Å². The zero-order valence-electron chi connectivity index (χ0n) is 13.2. The average molecular weight is 391 g/mol. The quantitative estimate of drug-likeness (QED) is 0.551. The maximum Gasteiger partial charge on any atom is 0.419 e. The third kappa shape index (κ3) is 4.11. The number of aryl methyl sites for hydroxylation is 1. The lowest BCUT2D eigenvalue weighted by Gasteiger charge is -2.13. The second-order valence-corrected chi connectivity index (χ2v) is 6.93. The molecule has 2 aromatic rings. The summed E-state index contributed by atoms with van der Waals surface area (Å²) in [7, 11) is -4.21. The minimum Gasteiger partial charge on any atom is -0.398 e. The minimum atomic E-state index is -4.94. The highest BCUT2D eigenvalue weighted by molar-refractivity contribution is 7.89. The van der Waals surface area contributed by atoms with Crippen LogP contribution in [0.4, 0.5) is 28.9 Å². The van der Waals surface area contributed by atoms with Crippen LogP contribution in [0.25, 0.3) is 0 Å². The van der Waals surface area contributed by atoms with E-state index >= 15 is 0 Å². The van der Waals surface area contributed by atoms with Crippen molar-refractivity contribution < 1.29 is 30.8 Å². The Kier molecular flexibility index (Phi) is 4.97. The summed E-state index contributed by atoms with van der Waals surface area (Å²) in [5, 5.41) is 7.16. The summed E-state index contributed by atoms with van der Waals surface area (Å²) in [5.41, 5.74) is 3.61. The van der Waals surface area contributed by atoms with Crippen LogP contribution in [0, 0.1) is 12.7 Å². The van der Waals surface area contributed by atoms with Crippen molar-refractivity contribution in [1.82, 2.24) is 0 Å². The zero-order chi connectivity index (χ0) is 19.9. The molecule has 0 bridgehead atoms. The monoisotopic (exact) mass is 391 g/mol. The Balaban J connectivity index is 2.43. The molecule has 2 rings (SSSR count). The molecule has 0 aromatic heterocycles. The van der Waals surface area contributed by atoms with Gasteiger partial charge in [-0.25, -0.2) is 17.9 Å². The van der Waals surface area contributed by atoms with Gasteiger partial charge in [0, 0.05) is 11.3 Å². The van der Waals surface area contributed by atoms with Gasteiger partial charge in [-0.2, -0.15) is 13.2 Å². The summed E-state index contributed by atoms with van der Waals surface area (Å²) in [6.07, 6.45) is -4.94. The van der Waals surface area contributed by atoms with E-state index in [4.69, 9.17) is 10.9 Å². The van der Waals surface area contributed by atoms with Gasteiger partial charge in [-0.15, -0.1) is 0 Å². The van der Waals surface area contributed by atoms with Crippen LogP contribution in [0.1, 0.15) is 21.5 Å². The molecule has 0 heterocycles. The number of rotatable bonds is 3. The van der Waals surface area contributed by atoms with E-state index < -0.39 is 38.4 Å². The molecule has 11 heteroatoms. The van der Waals surface area contributed by atoms with E-state index in [2.05, 4.69) is 5.32 Å². The lowest BCUT2D eigenvalue weighted by Crippen LogP contribution is -2.19. The predicted octanol–water partition coefficient (Wildman–Crippen LogP) is 2.63. The van der Waals surface area contributed by atoms with Crippen LogP contribution in [-0.4, -0.2) is 14.3 Å². The number of nitrogens with two attached hydrogens (primary N) is 2. The standard InChI is InChI=1S/C15H13F4N3O3S/c1-7-4-12(20)13(26(21,24)25)6-9(7)14(23)22-8-2-3-11(16)10(5-8)15(17,18)19/h2-6H,20H2,1H3,(H,22,23)(H2,21,24,25). The smallest absolute Gasteiger partial charge is 0.398 e. The van der Waals surface area contributed by atoms with Crippen molar-refractivity contribution in [3.8, 4) is 0 Å². The van der Waals surface area contributed by atoms with E-state index in [1.807, 2.05) is 0 Å². The van der Waals surface area contributed by atoms with Crippen molar-refractivity contribution in [3.05, 3.63) is 52.8 Å². The second-order valence-electron chi connectivity index (χ2n) is 5.40. The fourth-order valence-electron chi connectivity index (χ4n) is 2.22. The fourth-order valence-corrected chi connectivity index (χ4v) is 2.89. The molecule has 1 amide bonds. The molecule has 0 aliphatic rings. The van der Waals surface area contributed by atoms with E-state index in [-0.39, 0.29) is 22.5 Å². The number of amides is 1. The SMILES string of the molecule is Cc1cc(N)c(S(N)(=O)=O)cc1C(=O)Nc1ccc(F)c(C(F)(F)F)c1. The van der Waals surface area contributed by atoms with Crippen molar-refractivity contribution in [1.29, 1.82) is 0 Å². The fraction of sp³-hybridized carbons (Fsp3) is 0.133. The summed E-state index contributed by atoms with van der Waals surface area (Å²) < 4.78 is 74.5. The van der Waals surface area contributed by atoms with Gasteiger partial charge in [0.05, 0.1) is 11.3 Å². The highest BCUT2D eigenvalue weighted by Crippen LogP contribution is 2.33. The van der Waals surface area contributed by atoms with Crippen LogP contribution < -0.4 is 16.2 Å². The molecule has 26 heavy (non-hydrogen) atoms. The molecule has 0 aliphatic heterocycles. The predicted molar refractivity (Wildman–Crippen MR) is 86.3 cm³/mol. The van der Waals surface area contributed by atoms with Gasteiger partial charge in [0.25, 0.3) is 5.91 Å². The number of alkyl halides is 3. The summed E-state index contributed by atoms with van der Waals surface area (Å²) in [4.78, 5) is 11.8. The average Bonchev–Trinajstić information content (AvgIpc) is 2.46. The van der Waals surface area contributed by atoms with Crippen molar-refractivity contribution in [2.24, 2.45) is 5.14 Å². The molecule has 0 saturated heterocycles. The molecule has 0 aliphatic carbocycles. The van der Waals surface area contributed by atoms with E-state index in [0.717, 1.165) is 12.1 Å². The van der Waals surface area contributed by atoms with E-state index in [1.165, 1.54) is 13.0 Å². The number of halogens is 4. The molecule has 2 aromatic carbocycles. The highest BCUT2D eigenvalue weighted by atomic mass is 32.2. The normalized spacial score (nSPS) is 12.1. The van der Waals surface area contributed by atoms with Gasteiger partial charge < -0.3 is 11.1 Å². The summed E-state index contributed by atoms with van der Waals surface area (Å²) in [6.45, 7) is 1.45. The van der Waals surface area contributed by atoms with E-state index in [9.17, 15) is 30.8 Å². The molecule has 0 spiro atoms. The Morgan fingerprint density at radius 2 is 1.77 bits per heavy atom. The van der Waals surface area contributed by atoms with Crippen LogP contribution in [0.15, 0.2) is 35.2 Å². The molecule has 0 radical (unpaired) electrons. The largest absolute Gasteiger partial charge is 0.419 e. The van der Waals surface area contributed by atoms with Gasteiger partial charge in [-0.1, -0.05) is 0 Å². The van der Waals surface area contributed by atoms with Crippen molar-refractivity contribution >= 4 is 27.3 Å². The summed E-state index contributed by atoms with van der Waals surface area (Å²) in [6, 6.07) is 4.05. The molecular formula is C15H13F4N3O3S. The molecule has 6 nitrogen and oxygen atoms in total. The minimum absolute atomic E-state index is 0.166. The molecule has 0 saturated carbocycles. The summed E-state index contributed by atoms with van der Waals surface area (Å²) >= 11 is 0. The number of carbonyl (C=O) groups excluding carboxylic acids is 1. The third-order valence-electron chi connectivity index (χ3n) is 3.44. The number of primary sulfonamides is 1. The van der Waals surface area contributed by atoms with E-state index in [0.29, 0.717) is 12.1 Å². The number of benzene rings is 2. The maximum absolute atomic E-state index is 13.3. The third-order valence-corrected chi connectivity index (χ3v) is 4.40. The first-order valence-corrected chi connectivity index (χ1v) is 8.46. The Morgan fingerprint density at radius 1 is 1.15 bits per heavy atom. The molecular weight excluding hydrogens is 378 g/mol. The Labute approximate surface area is 145 Å². The van der Waals surface area contributed by atoms with Gasteiger partial charge in [0.2, 0.25) is 10.0 Å². The first-order valence-electron chi connectivity index (χ1n) is 6.91. The Hall–Kier alpha value is -2.66. The van der Waals surface area contributed by atoms with Crippen LogP contribution in [0.3, 0.4) is 0 Å². The molecule has 0 fully saturated rings. The van der Waals surface area contributed by atoms with Gasteiger partial charge in [0.1, 0.15) is 10.7 Å². The van der Waals surface area contributed by atoms with Gasteiger partial charge >= 0.3 is 6.18 Å².